The molecule has 1 atom stereocenters. The molecule has 2 N–H and O–H groups in total. The zero-order valence-electron chi connectivity index (χ0n) is 11.1. The third kappa shape index (κ3) is 3.46. The molecule has 0 aliphatic carbocycles. The minimum absolute atomic E-state index is 0.00912. The summed E-state index contributed by atoms with van der Waals surface area (Å²) in [5.41, 5.74) is 7.47. The molecule has 0 bridgehead atoms. The minimum Gasteiger partial charge on any atom is -0.393 e. The van der Waals surface area contributed by atoms with E-state index in [2.05, 4.69) is 10.2 Å². The van der Waals surface area contributed by atoms with E-state index in [4.69, 9.17) is 18.0 Å². The highest BCUT2D eigenvalue weighted by Crippen LogP contribution is 2.10. The molecule has 0 spiro atoms. The van der Waals surface area contributed by atoms with Crippen molar-refractivity contribution in [1.82, 2.24) is 15.1 Å². The van der Waals surface area contributed by atoms with Crippen LogP contribution in [-0.2, 0) is 0 Å². The number of aromatic nitrogens is 2. The quantitative estimate of drug-likeness (QED) is 0.826. The Morgan fingerprint density at radius 2 is 2.11 bits per heavy atom. The molecule has 5 nitrogen and oxygen atoms in total. The van der Waals surface area contributed by atoms with Crippen molar-refractivity contribution in [2.24, 2.45) is 11.7 Å². The number of amides is 1. The van der Waals surface area contributed by atoms with Crippen molar-refractivity contribution in [3.8, 4) is 0 Å². The summed E-state index contributed by atoms with van der Waals surface area (Å²) >= 11 is 4.90. The topological polar surface area (TPSA) is 72.1 Å². The molecule has 0 aliphatic heterocycles. The second-order valence-corrected chi connectivity index (χ2v) is 4.95. The summed E-state index contributed by atoms with van der Waals surface area (Å²) < 4.78 is 0. The van der Waals surface area contributed by atoms with Crippen LogP contribution in [0.4, 0.5) is 0 Å². The predicted molar refractivity (Wildman–Crippen MR) is 74.4 cm³/mol. The highest BCUT2D eigenvalue weighted by atomic mass is 32.1. The first-order valence-electron chi connectivity index (χ1n) is 5.68. The fourth-order valence-corrected chi connectivity index (χ4v) is 1.63. The van der Waals surface area contributed by atoms with E-state index in [0.29, 0.717) is 22.8 Å². The second-order valence-electron chi connectivity index (χ2n) is 4.47. The lowest BCUT2D eigenvalue weighted by Gasteiger charge is -2.21. The second kappa shape index (κ2) is 5.86. The van der Waals surface area contributed by atoms with Crippen molar-refractivity contribution in [2.75, 3.05) is 13.6 Å². The highest BCUT2D eigenvalue weighted by molar-refractivity contribution is 7.80. The smallest absolute Gasteiger partial charge is 0.255 e. The zero-order valence-corrected chi connectivity index (χ0v) is 11.9. The van der Waals surface area contributed by atoms with Crippen LogP contribution in [0, 0.1) is 19.8 Å². The maximum Gasteiger partial charge on any atom is 0.255 e. The number of nitrogens with two attached hydrogens (primary N) is 1. The molecular formula is C12H18N4OS. The summed E-state index contributed by atoms with van der Waals surface area (Å²) in [5.74, 6) is -0.0984. The summed E-state index contributed by atoms with van der Waals surface area (Å²) in [6.45, 7) is 5.97. The molecule has 0 fully saturated rings. The van der Waals surface area contributed by atoms with Gasteiger partial charge < -0.3 is 10.6 Å². The van der Waals surface area contributed by atoms with Gasteiger partial charge in [0.05, 0.1) is 21.9 Å². The third-order valence-electron chi connectivity index (χ3n) is 2.71. The van der Waals surface area contributed by atoms with Gasteiger partial charge in [0, 0.05) is 19.5 Å². The molecule has 0 saturated heterocycles. The molecule has 18 heavy (non-hydrogen) atoms. The van der Waals surface area contributed by atoms with E-state index in [1.807, 2.05) is 6.92 Å². The lowest BCUT2D eigenvalue weighted by Crippen LogP contribution is -2.35. The molecule has 0 aromatic carbocycles. The van der Waals surface area contributed by atoms with E-state index >= 15 is 0 Å². The largest absolute Gasteiger partial charge is 0.393 e. The monoisotopic (exact) mass is 266 g/mol. The van der Waals surface area contributed by atoms with Gasteiger partial charge in [-0.05, 0) is 19.9 Å². The summed E-state index contributed by atoms with van der Waals surface area (Å²) in [6.07, 6.45) is 0. The van der Waals surface area contributed by atoms with Gasteiger partial charge >= 0.3 is 0 Å². The van der Waals surface area contributed by atoms with Crippen LogP contribution < -0.4 is 5.73 Å². The summed E-state index contributed by atoms with van der Waals surface area (Å²) in [7, 11) is 1.73. The van der Waals surface area contributed by atoms with Gasteiger partial charge in [0.1, 0.15) is 0 Å². The number of carbonyl (C=O) groups is 1. The number of aryl methyl sites for hydroxylation is 2. The van der Waals surface area contributed by atoms with Crippen LogP contribution in [0.25, 0.3) is 0 Å². The van der Waals surface area contributed by atoms with Gasteiger partial charge in [-0.25, -0.2) is 0 Å². The van der Waals surface area contributed by atoms with Crippen LogP contribution in [0.5, 0.6) is 0 Å². The maximum atomic E-state index is 12.2. The van der Waals surface area contributed by atoms with Gasteiger partial charge in [-0.15, -0.1) is 0 Å². The molecule has 1 rings (SSSR count). The molecule has 1 heterocycles. The fourth-order valence-electron chi connectivity index (χ4n) is 1.56. The summed E-state index contributed by atoms with van der Waals surface area (Å²) in [5, 5.41) is 7.86. The first-order valence-corrected chi connectivity index (χ1v) is 6.09. The first kappa shape index (κ1) is 14.5. The van der Waals surface area contributed by atoms with E-state index < -0.39 is 0 Å². The normalized spacial score (nSPS) is 12.0. The van der Waals surface area contributed by atoms with Gasteiger partial charge in [-0.1, -0.05) is 19.1 Å². The third-order valence-corrected chi connectivity index (χ3v) is 3.11. The Bertz CT molecular complexity index is 475. The molecule has 1 amide bonds. The molecule has 1 unspecified atom stereocenters. The molecule has 0 aliphatic rings. The van der Waals surface area contributed by atoms with Crippen LogP contribution in [-0.4, -0.2) is 39.6 Å². The van der Waals surface area contributed by atoms with Gasteiger partial charge in [0.15, 0.2) is 0 Å². The maximum absolute atomic E-state index is 12.2. The zero-order chi connectivity index (χ0) is 13.9. The van der Waals surface area contributed by atoms with Crippen LogP contribution in [0.3, 0.4) is 0 Å². The number of hydrogen-bond donors (Lipinski definition) is 1. The minimum atomic E-state index is -0.0893. The summed E-state index contributed by atoms with van der Waals surface area (Å²) in [4.78, 5) is 14.3. The van der Waals surface area contributed by atoms with Crippen molar-refractivity contribution in [1.29, 1.82) is 0 Å². The Morgan fingerprint density at radius 3 is 2.67 bits per heavy atom. The molecule has 98 valence electrons. The van der Waals surface area contributed by atoms with Crippen LogP contribution in [0.15, 0.2) is 6.07 Å². The average Bonchev–Trinajstić information content (AvgIpc) is 2.31. The lowest BCUT2D eigenvalue weighted by molar-refractivity contribution is 0.0785. The Kier molecular flexibility index (Phi) is 4.72. The average molecular weight is 266 g/mol. The van der Waals surface area contributed by atoms with Crippen molar-refractivity contribution in [3.63, 3.8) is 0 Å². The summed E-state index contributed by atoms with van der Waals surface area (Å²) in [6, 6.07) is 1.74. The molecule has 0 saturated carbocycles. The standard InChI is InChI=1S/C12H18N4OS/c1-7(11(13)18)6-16(4)12(17)10-5-8(2)14-15-9(10)3/h5,7H,6H2,1-4H3,(H2,13,18). The van der Waals surface area contributed by atoms with Gasteiger partial charge in [0.2, 0.25) is 0 Å². The predicted octanol–water partition coefficient (Wildman–Crippen LogP) is 1.09. The van der Waals surface area contributed by atoms with Gasteiger partial charge in [-0.2, -0.15) is 10.2 Å². The fraction of sp³-hybridized carbons (Fsp3) is 0.500. The molecule has 6 heteroatoms. The van der Waals surface area contributed by atoms with Crippen LogP contribution in [0.2, 0.25) is 0 Å². The van der Waals surface area contributed by atoms with Crippen molar-refractivity contribution >= 4 is 23.1 Å². The van der Waals surface area contributed by atoms with E-state index in [9.17, 15) is 4.79 Å². The Balaban J connectivity index is 2.86. The van der Waals surface area contributed by atoms with Crippen LogP contribution >= 0.6 is 12.2 Å². The number of carbonyl (C=O) groups excluding carboxylic acids is 1. The van der Waals surface area contributed by atoms with Gasteiger partial charge in [0.25, 0.3) is 5.91 Å². The number of rotatable bonds is 4. The van der Waals surface area contributed by atoms with Crippen LogP contribution in [0.1, 0.15) is 28.7 Å². The molecule has 0 radical (unpaired) electrons. The number of thiocarbonyl (C=S) groups is 1. The molecule has 1 aromatic heterocycles. The number of hydrogen-bond acceptors (Lipinski definition) is 4. The number of nitrogens with zero attached hydrogens (tertiary/aromatic N) is 3. The SMILES string of the molecule is Cc1cc(C(=O)N(C)CC(C)C(N)=S)c(C)nn1. The molecule has 1 aromatic rings. The van der Waals surface area contributed by atoms with E-state index in [1.54, 1.807) is 31.9 Å². The highest BCUT2D eigenvalue weighted by Gasteiger charge is 2.18. The van der Waals surface area contributed by atoms with E-state index in [1.165, 1.54) is 0 Å². The van der Waals surface area contributed by atoms with E-state index in [-0.39, 0.29) is 11.8 Å². The van der Waals surface area contributed by atoms with Gasteiger partial charge in [-0.3, -0.25) is 4.79 Å². The van der Waals surface area contributed by atoms with Crippen molar-refractivity contribution in [3.05, 3.63) is 23.0 Å². The first-order chi connectivity index (χ1) is 8.32. The van der Waals surface area contributed by atoms with Crippen molar-refractivity contribution < 1.29 is 4.79 Å². The Morgan fingerprint density at radius 1 is 1.50 bits per heavy atom. The molecular weight excluding hydrogens is 248 g/mol. The lowest BCUT2D eigenvalue weighted by atomic mass is 10.1. The Hall–Kier alpha value is -1.56. The van der Waals surface area contributed by atoms with Crippen molar-refractivity contribution in [2.45, 2.75) is 20.8 Å². The van der Waals surface area contributed by atoms with E-state index in [0.717, 1.165) is 5.69 Å². The Labute approximate surface area is 112 Å².